The minimum atomic E-state index is 0.340. The highest BCUT2D eigenvalue weighted by atomic mass is 35.5. The molecule has 1 N–H and O–H groups in total. The molecule has 2 fully saturated rings. The molecule has 82 valence electrons. The zero-order valence-electron chi connectivity index (χ0n) is 8.90. The molecule has 0 aromatic heterocycles. The summed E-state index contributed by atoms with van der Waals surface area (Å²) < 4.78 is 0. The van der Waals surface area contributed by atoms with Crippen molar-refractivity contribution in [2.75, 3.05) is 32.1 Å². The molecular formula is C11H21ClN2. The Balaban J connectivity index is 1.50. The number of hydrogen-bond acceptors (Lipinski definition) is 2. The lowest BCUT2D eigenvalue weighted by molar-refractivity contribution is 0.327. The minimum Gasteiger partial charge on any atom is -0.310 e. The highest BCUT2D eigenvalue weighted by Gasteiger charge is 2.40. The fourth-order valence-corrected chi connectivity index (χ4v) is 2.53. The molecule has 0 aromatic rings. The Morgan fingerprint density at radius 1 is 1.21 bits per heavy atom. The van der Waals surface area contributed by atoms with Crippen LogP contribution in [0.1, 0.15) is 32.1 Å². The molecule has 14 heavy (non-hydrogen) atoms. The van der Waals surface area contributed by atoms with Gasteiger partial charge in [0.05, 0.1) is 0 Å². The van der Waals surface area contributed by atoms with E-state index in [-0.39, 0.29) is 0 Å². The predicted octanol–water partition coefficient (Wildman–Crippen LogP) is 1.83. The van der Waals surface area contributed by atoms with Crippen molar-refractivity contribution in [1.29, 1.82) is 0 Å². The summed E-state index contributed by atoms with van der Waals surface area (Å²) in [6.45, 7) is 5.05. The van der Waals surface area contributed by atoms with E-state index in [9.17, 15) is 0 Å². The van der Waals surface area contributed by atoms with Crippen molar-refractivity contribution in [2.45, 2.75) is 37.6 Å². The molecule has 1 aliphatic heterocycles. The highest BCUT2D eigenvalue weighted by molar-refractivity contribution is 6.18. The summed E-state index contributed by atoms with van der Waals surface area (Å²) in [7, 11) is 0. The topological polar surface area (TPSA) is 15.3 Å². The van der Waals surface area contributed by atoms with E-state index in [4.69, 9.17) is 11.6 Å². The van der Waals surface area contributed by atoms with Gasteiger partial charge in [-0.3, -0.25) is 0 Å². The highest BCUT2D eigenvalue weighted by Crippen LogP contribution is 2.36. The van der Waals surface area contributed by atoms with Crippen LogP contribution in [0.15, 0.2) is 0 Å². The number of alkyl halides is 1. The molecular weight excluding hydrogens is 196 g/mol. The second-order valence-electron chi connectivity index (χ2n) is 4.74. The van der Waals surface area contributed by atoms with E-state index in [1.807, 2.05) is 0 Å². The normalized spacial score (nSPS) is 25.5. The Morgan fingerprint density at radius 2 is 1.93 bits per heavy atom. The Labute approximate surface area is 92.0 Å². The van der Waals surface area contributed by atoms with Gasteiger partial charge >= 0.3 is 0 Å². The van der Waals surface area contributed by atoms with Crippen molar-refractivity contribution in [2.24, 2.45) is 0 Å². The molecule has 0 amide bonds. The first-order valence-corrected chi connectivity index (χ1v) is 6.41. The fourth-order valence-electron chi connectivity index (χ4n) is 2.17. The van der Waals surface area contributed by atoms with Crippen molar-refractivity contribution < 1.29 is 0 Å². The average molecular weight is 217 g/mol. The third kappa shape index (κ3) is 2.85. The molecule has 1 heterocycles. The van der Waals surface area contributed by atoms with E-state index in [1.165, 1.54) is 51.7 Å². The van der Waals surface area contributed by atoms with E-state index in [2.05, 4.69) is 10.2 Å². The van der Waals surface area contributed by atoms with Gasteiger partial charge in [-0.25, -0.2) is 0 Å². The van der Waals surface area contributed by atoms with Crippen LogP contribution < -0.4 is 5.32 Å². The van der Waals surface area contributed by atoms with Gasteiger partial charge in [-0.1, -0.05) is 0 Å². The lowest BCUT2D eigenvalue weighted by Gasteiger charge is -2.17. The Hall–Kier alpha value is 0.210. The minimum absolute atomic E-state index is 0.340. The van der Waals surface area contributed by atoms with Crippen LogP contribution in [0.4, 0.5) is 0 Å². The van der Waals surface area contributed by atoms with Crippen LogP contribution in [-0.2, 0) is 0 Å². The van der Waals surface area contributed by atoms with Gasteiger partial charge in [-0.2, -0.15) is 0 Å². The number of likely N-dealkylation sites (tertiary alicyclic amines) is 1. The molecule has 0 spiro atoms. The molecule has 3 heteroatoms. The van der Waals surface area contributed by atoms with Crippen LogP contribution in [0.25, 0.3) is 0 Å². The van der Waals surface area contributed by atoms with Gasteiger partial charge in [0.1, 0.15) is 0 Å². The van der Waals surface area contributed by atoms with Crippen molar-refractivity contribution in [3.63, 3.8) is 0 Å². The third-order valence-electron chi connectivity index (χ3n) is 3.46. The molecule has 2 aliphatic rings. The zero-order chi connectivity index (χ0) is 9.86. The van der Waals surface area contributed by atoms with Gasteiger partial charge in [0, 0.05) is 11.4 Å². The number of rotatable bonds is 6. The summed E-state index contributed by atoms with van der Waals surface area (Å²) in [4.78, 5) is 2.57. The lowest BCUT2D eigenvalue weighted by atomic mass is 10.3. The van der Waals surface area contributed by atoms with Gasteiger partial charge in [0.25, 0.3) is 0 Å². The van der Waals surface area contributed by atoms with Crippen molar-refractivity contribution in [3.05, 3.63) is 0 Å². The van der Waals surface area contributed by atoms with Crippen LogP contribution in [-0.4, -0.2) is 42.5 Å². The van der Waals surface area contributed by atoms with E-state index >= 15 is 0 Å². The van der Waals surface area contributed by atoms with Gasteiger partial charge in [-0.05, 0) is 58.3 Å². The van der Waals surface area contributed by atoms with Crippen LogP contribution in [0.5, 0.6) is 0 Å². The molecule has 1 aliphatic carbocycles. The van der Waals surface area contributed by atoms with E-state index in [1.54, 1.807) is 0 Å². The van der Waals surface area contributed by atoms with Crippen LogP contribution >= 0.6 is 11.6 Å². The summed E-state index contributed by atoms with van der Waals surface area (Å²) >= 11 is 5.89. The number of hydrogen-bond donors (Lipinski definition) is 1. The van der Waals surface area contributed by atoms with Crippen LogP contribution in [0.2, 0.25) is 0 Å². The smallest absolute Gasteiger partial charge is 0.0406 e. The monoisotopic (exact) mass is 216 g/mol. The van der Waals surface area contributed by atoms with Gasteiger partial charge in [-0.15, -0.1) is 11.6 Å². The first kappa shape index (κ1) is 10.7. The second-order valence-corrected chi connectivity index (χ2v) is 5.01. The number of halogens is 1. The van der Waals surface area contributed by atoms with Gasteiger partial charge in [0.15, 0.2) is 0 Å². The maximum Gasteiger partial charge on any atom is 0.0406 e. The number of nitrogens with one attached hydrogen (secondary N) is 1. The SMILES string of the molecule is ClCC1(NCCCN2CCCC2)CC1. The molecule has 2 rings (SSSR count). The number of nitrogens with zero attached hydrogens (tertiary/aromatic N) is 1. The fraction of sp³-hybridized carbons (Fsp3) is 1.00. The molecule has 0 bridgehead atoms. The first-order valence-electron chi connectivity index (χ1n) is 5.88. The van der Waals surface area contributed by atoms with Crippen LogP contribution in [0, 0.1) is 0 Å². The molecule has 0 atom stereocenters. The van der Waals surface area contributed by atoms with E-state index < -0.39 is 0 Å². The summed E-state index contributed by atoms with van der Waals surface area (Å²) in [5.74, 6) is 0.788. The van der Waals surface area contributed by atoms with Crippen molar-refractivity contribution in [3.8, 4) is 0 Å². The molecule has 0 radical (unpaired) electrons. The van der Waals surface area contributed by atoms with E-state index in [0.29, 0.717) is 5.54 Å². The first-order chi connectivity index (χ1) is 6.85. The molecule has 0 aromatic carbocycles. The largest absolute Gasteiger partial charge is 0.310 e. The van der Waals surface area contributed by atoms with Gasteiger partial charge < -0.3 is 10.2 Å². The van der Waals surface area contributed by atoms with Crippen LogP contribution in [0.3, 0.4) is 0 Å². The summed E-state index contributed by atoms with van der Waals surface area (Å²) in [5, 5.41) is 3.59. The lowest BCUT2D eigenvalue weighted by Crippen LogP contribution is -2.35. The standard InChI is InChI=1S/C11H21ClN2/c12-10-11(4-5-11)13-6-3-9-14-7-1-2-8-14/h13H,1-10H2. The molecule has 0 unspecified atom stereocenters. The summed E-state index contributed by atoms with van der Waals surface area (Å²) in [6, 6.07) is 0. The van der Waals surface area contributed by atoms with Gasteiger partial charge in [0.2, 0.25) is 0 Å². The molecule has 2 nitrogen and oxygen atoms in total. The molecule has 1 saturated heterocycles. The Morgan fingerprint density at radius 3 is 2.50 bits per heavy atom. The van der Waals surface area contributed by atoms with Crippen molar-refractivity contribution in [1.82, 2.24) is 10.2 Å². The quantitative estimate of drug-likeness (QED) is 0.539. The second kappa shape index (κ2) is 4.82. The maximum atomic E-state index is 5.89. The summed E-state index contributed by atoms with van der Waals surface area (Å²) in [5.41, 5.74) is 0.340. The third-order valence-corrected chi connectivity index (χ3v) is 3.97. The van der Waals surface area contributed by atoms with Crippen molar-refractivity contribution >= 4 is 11.6 Å². The zero-order valence-corrected chi connectivity index (χ0v) is 9.65. The Kier molecular flexibility index (Phi) is 3.69. The summed E-state index contributed by atoms with van der Waals surface area (Å²) in [6.07, 6.45) is 6.64. The molecule has 1 saturated carbocycles. The predicted molar refractivity (Wildman–Crippen MR) is 61.0 cm³/mol. The maximum absolute atomic E-state index is 5.89. The Bertz CT molecular complexity index is 174. The van der Waals surface area contributed by atoms with E-state index in [0.717, 1.165) is 12.4 Å². The average Bonchev–Trinajstić information content (AvgIpc) is 2.81.